The number of nitrogens with two attached hydrogens (primary N) is 1. The second-order valence-corrected chi connectivity index (χ2v) is 5.02. The van der Waals surface area contributed by atoms with Gasteiger partial charge in [0.15, 0.2) is 0 Å². The maximum atomic E-state index is 13.8. The number of hydrogen-bond donors (Lipinski definition) is 1. The summed E-state index contributed by atoms with van der Waals surface area (Å²) in [4.78, 5) is 14.4. The van der Waals surface area contributed by atoms with Crippen LogP contribution in [0.25, 0.3) is 10.8 Å². The van der Waals surface area contributed by atoms with E-state index in [1.165, 1.54) is 6.07 Å². The van der Waals surface area contributed by atoms with Crippen molar-refractivity contribution in [3.63, 3.8) is 0 Å². The first-order valence-corrected chi connectivity index (χ1v) is 6.74. The number of rotatable bonds is 4. The number of fused-ring (bicyclic) bond motifs is 1. The standard InChI is InChI=1S/C16H19FN2O/c1-11(2)19(10-9-18)16(20)14-7-8-15(17)13-6-4-3-5-12(13)14/h3-8,11H,9-10,18H2,1-2H3. The molecule has 0 aliphatic heterocycles. The van der Waals surface area contributed by atoms with Crippen molar-refractivity contribution in [3.05, 3.63) is 47.8 Å². The van der Waals surface area contributed by atoms with Crippen molar-refractivity contribution in [1.82, 2.24) is 4.90 Å². The highest BCUT2D eigenvalue weighted by Crippen LogP contribution is 2.23. The quantitative estimate of drug-likeness (QED) is 0.932. The van der Waals surface area contributed by atoms with Crippen molar-refractivity contribution in [2.45, 2.75) is 19.9 Å². The molecule has 3 nitrogen and oxygen atoms in total. The molecular formula is C16H19FN2O. The predicted molar refractivity (Wildman–Crippen MR) is 79.1 cm³/mol. The van der Waals surface area contributed by atoms with E-state index in [0.29, 0.717) is 29.4 Å². The monoisotopic (exact) mass is 274 g/mol. The lowest BCUT2D eigenvalue weighted by Crippen LogP contribution is -2.40. The van der Waals surface area contributed by atoms with Gasteiger partial charge in [0, 0.05) is 30.1 Å². The molecule has 2 aromatic rings. The molecule has 2 rings (SSSR count). The molecule has 0 saturated heterocycles. The molecule has 0 radical (unpaired) electrons. The fourth-order valence-electron chi connectivity index (χ4n) is 2.34. The van der Waals surface area contributed by atoms with Gasteiger partial charge in [0.05, 0.1) is 0 Å². The molecule has 1 amide bonds. The Balaban J connectivity index is 2.52. The van der Waals surface area contributed by atoms with Crippen LogP contribution < -0.4 is 5.73 Å². The van der Waals surface area contributed by atoms with E-state index in [0.717, 1.165) is 0 Å². The van der Waals surface area contributed by atoms with Gasteiger partial charge in [-0.05, 0) is 31.4 Å². The van der Waals surface area contributed by atoms with Crippen LogP contribution in [0, 0.1) is 5.82 Å². The van der Waals surface area contributed by atoms with Gasteiger partial charge in [0.25, 0.3) is 5.91 Å². The summed E-state index contributed by atoms with van der Waals surface area (Å²) in [5.74, 6) is -0.422. The Kier molecular flexibility index (Phi) is 4.35. The van der Waals surface area contributed by atoms with Crippen molar-refractivity contribution in [3.8, 4) is 0 Å². The maximum absolute atomic E-state index is 13.8. The molecule has 0 atom stereocenters. The van der Waals surface area contributed by atoms with E-state index >= 15 is 0 Å². The minimum atomic E-state index is -0.313. The van der Waals surface area contributed by atoms with Crippen molar-refractivity contribution < 1.29 is 9.18 Å². The summed E-state index contributed by atoms with van der Waals surface area (Å²) in [6.07, 6.45) is 0. The van der Waals surface area contributed by atoms with Crippen LogP contribution in [0.5, 0.6) is 0 Å². The fourth-order valence-corrected chi connectivity index (χ4v) is 2.34. The van der Waals surface area contributed by atoms with Crippen LogP contribution in [0.15, 0.2) is 36.4 Å². The molecule has 0 fully saturated rings. The molecule has 0 saturated carbocycles. The van der Waals surface area contributed by atoms with Crippen LogP contribution in [-0.2, 0) is 0 Å². The fraction of sp³-hybridized carbons (Fsp3) is 0.312. The number of nitrogens with zero attached hydrogens (tertiary/aromatic N) is 1. The van der Waals surface area contributed by atoms with E-state index in [4.69, 9.17) is 5.73 Å². The third-order valence-electron chi connectivity index (χ3n) is 3.36. The maximum Gasteiger partial charge on any atom is 0.254 e. The molecule has 0 spiro atoms. The van der Waals surface area contributed by atoms with E-state index in [2.05, 4.69) is 0 Å². The van der Waals surface area contributed by atoms with Crippen LogP contribution in [0.4, 0.5) is 4.39 Å². The third kappa shape index (κ3) is 2.65. The highest BCUT2D eigenvalue weighted by Gasteiger charge is 2.20. The molecule has 0 bridgehead atoms. The first-order chi connectivity index (χ1) is 9.56. The zero-order chi connectivity index (χ0) is 14.7. The summed E-state index contributed by atoms with van der Waals surface area (Å²) in [6, 6.07) is 9.97. The van der Waals surface area contributed by atoms with Gasteiger partial charge in [-0.25, -0.2) is 4.39 Å². The van der Waals surface area contributed by atoms with Crippen molar-refractivity contribution in [2.24, 2.45) is 5.73 Å². The van der Waals surface area contributed by atoms with Gasteiger partial charge in [-0.15, -0.1) is 0 Å². The number of amides is 1. The van der Waals surface area contributed by atoms with E-state index < -0.39 is 0 Å². The summed E-state index contributed by atoms with van der Waals surface area (Å²) in [5.41, 5.74) is 6.08. The Morgan fingerprint density at radius 1 is 1.20 bits per heavy atom. The van der Waals surface area contributed by atoms with Gasteiger partial charge in [-0.2, -0.15) is 0 Å². The largest absolute Gasteiger partial charge is 0.335 e. The molecule has 2 aromatic carbocycles. The number of carbonyl (C=O) groups is 1. The Hall–Kier alpha value is -1.94. The summed E-state index contributed by atoms with van der Waals surface area (Å²) in [7, 11) is 0. The predicted octanol–water partition coefficient (Wildman–Crippen LogP) is 2.79. The Morgan fingerprint density at radius 3 is 2.45 bits per heavy atom. The molecule has 2 N–H and O–H groups in total. The Morgan fingerprint density at radius 2 is 1.85 bits per heavy atom. The molecule has 20 heavy (non-hydrogen) atoms. The topological polar surface area (TPSA) is 46.3 Å². The minimum Gasteiger partial charge on any atom is -0.335 e. The van der Waals surface area contributed by atoms with Crippen LogP contribution in [-0.4, -0.2) is 29.9 Å². The van der Waals surface area contributed by atoms with Crippen LogP contribution in [0.2, 0.25) is 0 Å². The van der Waals surface area contributed by atoms with Crippen LogP contribution >= 0.6 is 0 Å². The van der Waals surface area contributed by atoms with Gasteiger partial charge in [0.2, 0.25) is 0 Å². The van der Waals surface area contributed by atoms with Gasteiger partial charge in [-0.3, -0.25) is 4.79 Å². The average molecular weight is 274 g/mol. The Labute approximate surface area is 118 Å². The SMILES string of the molecule is CC(C)N(CCN)C(=O)c1ccc(F)c2ccccc12. The van der Waals surface area contributed by atoms with Gasteiger partial charge < -0.3 is 10.6 Å². The zero-order valence-electron chi connectivity index (χ0n) is 11.8. The minimum absolute atomic E-state index is 0.0508. The van der Waals surface area contributed by atoms with E-state index in [9.17, 15) is 9.18 Å². The molecule has 0 unspecified atom stereocenters. The second kappa shape index (κ2) is 6.01. The normalized spacial score (nSPS) is 11.1. The molecule has 0 aliphatic rings. The molecule has 0 aromatic heterocycles. The van der Waals surface area contributed by atoms with E-state index in [-0.39, 0.29) is 17.8 Å². The van der Waals surface area contributed by atoms with Crippen LogP contribution in [0.3, 0.4) is 0 Å². The summed E-state index contributed by atoms with van der Waals surface area (Å²) < 4.78 is 13.8. The molecular weight excluding hydrogens is 255 g/mol. The highest BCUT2D eigenvalue weighted by atomic mass is 19.1. The van der Waals surface area contributed by atoms with Gasteiger partial charge >= 0.3 is 0 Å². The number of benzene rings is 2. The number of hydrogen-bond acceptors (Lipinski definition) is 2. The van der Waals surface area contributed by atoms with E-state index in [1.807, 2.05) is 13.8 Å². The van der Waals surface area contributed by atoms with Gasteiger partial charge in [-0.1, -0.05) is 24.3 Å². The molecule has 4 heteroatoms. The zero-order valence-corrected chi connectivity index (χ0v) is 11.8. The number of carbonyl (C=O) groups excluding carboxylic acids is 1. The number of halogens is 1. The van der Waals surface area contributed by atoms with Crippen molar-refractivity contribution in [2.75, 3.05) is 13.1 Å². The van der Waals surface area contributed by atoms with Crippen molar-refractivity contribution >= 4 is 16.7 Å². The smallest absolute Gasteiger partial charge is 0.254 e. The first kappa shape index (κ1) is 14.5. The van der Waals surface area contributed by atoms with E-state index in [1.54, 1.807) is 35.2 Å². The second-order valence-electron chi connectivity index (χ2n) is 5.02. The van der Waals surface area contributed by atoms with Gasteiger partial charge in [0.1, 0.15) is 5.82 Å². The molecule has 106 valence electrons. The average Bonchev–Trinajstić information content (AvgIpc) is 2.44. The lowest BCUT2D eigenvalue weighted by molar-refractivity contribution is 0.0714. The highest BCUT2D eigenvalue weighted by molar-refractivity contribution is 6.07. The van der Waals surface area contributed by atoms with Crippen LogP contribution in [0.1, 0.15) is 24.2 Å². The lowest BCUT2D eigenvalue weighted by Gasteiger charge is -2.26. The summed E-state index contributed by atoms with van der Waals surface area (Å²) in [6.45, 7) is 4.78. The molecule has 0 aliphatic carbocycles. The summed E-state index contributed by atoms with van der Waals surface area (Å²) >= 11 is 0. The Bertz CT molecular complexity index is 625. The molecule has 0 heterocycles. The lowest BCUT2D eigenvalue weighted by atomic mass is 10.0. The van der Waals surface area contributed by atoms with Crippen molar-refractivity contribution in [1.29, 1.82) is 0 Å². The first-order valence-electron chi connectivity index (χ1n) is 6.74. The summed E-state index contributed by atoms with van der Waals surface area (Å²) in [5, 5.41) is 1.11. The third-order valence-corrected chi connectivity index (χ3v) is 3.36.